The fraction of sp³-hybridized carbons (Fsp3) is 0.333. The van der Waals surface area contributed by atoms with Crippen molar-refractivity contribution in [3.8, 4) is 0 Å². The molecule has 1 heterocycles. The highest BCUT2D eigenvalue weighted by Gasteiger charge is 2.48. The summed E-state index contributed by atoms with van der Waals surface area (Å²) in [6, 6.07) is 14.0. The molecule has 2 atom stereocenters. The molecule has 2 aromatic carbocycles. The average molecular weight is 401 g/mol. The van der Waals surface area contributed by atoms with Crippen molar-refractivity contribution in [3.05, 3.63) is 65.7 Å². The van der Waals surface area contributed by atoms with E-state index < -0.39 is 22.1 Å². The highest BCUT2D eigenvalue weighted by molar-refractivity contribution is 7.89. The van der Waals surface area contributed by atoms with Crippen LogP contribution in [0.3, 0.4) is 0 Å². The summed E-state index contributed by atoms with van der Waals surface area (Å²) in [6.07, 6.45) is 0.564. The normalized spacial score (nSPS) is 18.4. The molecule has 28 heavy (non-hydrogen) atoms. The quantitative estimate of drug-likeness (QED) is 0.766. The standard InChI is InChI=1S/C21H24N2O4S/c1-4-16(3)20(24)23-19(17-8-6-5-7-9-17)14-22(21(23)25)28(26,27)18-12-10-15(2)11-13-18/h5-13,16,19H,4,14H2,1-3H3/t16-,19-/m0/s1. The Morgan fingerprint density at radius 1 is 1.11 bits per heavy atom. The van der Waals surface area contributed by atoms with Crippen LogP contribution in [-0.2, 0) is 14.8 Å². The van der Waals surface area contributed by atoms with Gasteiger partial charge in [0.05, 0.1) is 17.5 Å². The van der Waals surface area contributed by atoms with Crippen LogP contribution in [0.1, 0.15) is 37.4 Å². The molecular formula is C21H24N2O4S. The topological polar surface area (TPSA) is 74.8 Å². The van der Waals surface area contributed by atoms with Crippen molar-refractivity contribution < 1.29 is 18.0 Å². The van der Waals surface area contributed by atoms with Gasteiger partial charge in [-0.2, -0.15) is 0 Å². The van der Waals surface area contributed by atoms with Crippen LogP contribution >= 0.6 is 0 Å². The van der Waals surface area contributed by atoms with Gasteiger partial charge < -0.3 is 0 Å². The van der Waals surface area contributed by atoms with Crippen molar-refractivity contribution in [2.45, 2.75) is 38.1 Å². The molecule has 148 valence electrons. The maximum absolute atomic E-state index is 13.1. The molecule has 3 amide bonds. The molecule has 0 unspecified atom stereocenters. The zero-order valence-corrected chi connectivity index (χ0v) is 17.0. The molecule has 1 fully saturated rings. The summed E-state index contributed by atoms with van der Waals surface area (Å²) in [5, 5.41) is 0. The van der Waals surface area contributed by atoms with Crippen LogP contribution in [0.15, 0.2) is 59.5 Å². The van der Waals surface area contributed by atoms with E-state index in [0.29, 0.717) is 6.42 Å². The molecule has 1 aliphatic heterocycles. The SMILES string of the molecule is CC[C@H](C)C(=O)N1C(=O)N(S(=O)(=O)c2ccc(C)cc2)C[C@H]1c1ccccc1. The Bertz CT molecular complexity index is 971. The van der Waals surface area contributed by atoms with Gasteiger partial charge >= 0.3 is 6.03 Å². The van der Waals surface area contributed by atoms with Crippen molar-refractivity contribution in [3.63, 3.8) is 0 Å². The first-order valence-corrected chi connectivity index (χ1v) is 10.7. The highest BCUT2D eigenvalue weighted by Crippen LogP contribution is 2.34. The lowest BCUT2D eigenvalue weighted by atomic mass is 10.0. The minimum atomic E-state index is -4.05. The van der Waals surface area contributed by atoms with Crippen molar-refractivity contribution in [1.29, 1.82) is 0 Å². The maximum Gasteiger partial charge on any atom is 0.341 e. The lowest BCUT2D eigenvalue weighted by Crippen LogP contribution is -2.41. The van der Waals surface area contributed by atoms with E-state index >= 15 is 0 Å². The third-order valence-electron chi connectivity index (χ3n) is 5.13. The molecule has 1 saturated heterocycles. The van der Waals surface area contributed by atoms with Gasteiger partial charge in [-0.1, -0.05) is 61.9 Å². The van der Waals surface area contributed by atoms with Crippen LogP contribution in [0.5, 0.6) is 0 Å². The van der Waals surface area contributed by atoms with E-state index in [9.17, 15) is 18.0 Å². The molecule has 0 radical (unpaired) electrons. The summed E-state index contributed by atoms with van der Waals surface area (Å²) < 4.78 is 27.0. The Balaban J connectivity index is 2.03. The Hall–Kier alpha value is -2.67. The van der Waals surface area contributed by atoms with Crippen LogP contribution in [0.25, 0.3) is 0 Å². The number of hydrogen-bond acceptors (Lipinski definition) is 4. The highest BCUT2D eigenvalue weighted by atomic mass is 32.2. The third kappa shape index (κ3) is 3.54. The minimum Gasteiger partial charge on any atom is -0.274 e. The number of urea groups is 1. The number of benzene rings is 2. The second-order valence-electron chi connectivity index (χ2n) is 7.08. The largest absolute Gasteiger partial charge is 0.341 e. The number of nitrogens with zero attached hydrogens (tertiary/aromatic N) is 2. The van der Waals surface area contributed by atoms with Gasteiger partial charge in [-0.05, 0) is 31.0 Å². The van der Waals surface area contributed by atoms with Crippen LogP contribution < -0.4 is 0 Å². The smallest absolute Gasteiger partial charge is 0.274 e. The van der Waals surface area contributed by atoms with Gasteiger partial charge in [0, 0.05) is 5.92 Å². The molecule has 0 saturated carbocycles. The van der Waals surface area contributed by atoms with E-state index in [1.165, 1.54) is 12.1 Å². The molecule has 1 aliphatic rings. The predicted octanol–water partition coefficient (Wildman–Crippen LogP) is 3.74. The van der Waals surface area contributed by atoms with Gasteiger partial charge in [0.25, 0.3) is 10.0 Å². The summed E-state index contributed by atoms with van der Waals surface area (Å²) in [4.78, 5) is 27.1. The maximum atomic E-state index is 13.1. The van der Waals surface area contributed by atoms with E-state index in [1.807, 2.05) is 32.0 Å². The second-order valence-corrected chi connectivity index (χ2v) is 8.94. The van der Waals surface area contributed by atoms with E-state index in [4.69, 9.17) is 0 Å². The van der Waals surface area contributed by atoms with Gasteiger partial charge in [0.2, 0.25) is 5.91 Å². The number of carbonyl (C=O) groups excluding carboxylic acids is 2. The first kappa shape index (κ1) is 20.1. The molecule has 3 rings (SSSR count). The summed E-state index contributed by atoms with van der Waals surface area (Å²) in [7, 11) is -4.05. The summed E-state index contributed by atoms with van der Waals surface area (Å²) in [5.41, 5.74) is 1.65. The van der Waals surface area contributed by atoms with Crippen molar-refractivity contribution in [1.82, 2.24) is 9.21 Å². The van der Waals surface area contributed by atoms with E-state index in [0.717, 1.165) is 20.3 Å². The first-order valence-electron chi connectivity index (χ1n) is 9.28. The lowest BCUT2D eigenvalue weighted by molar-refractivity contribution is -0.133. The minimum absolute atomic E-state index is 0.0381. The van der Waals surface area contributed by atoms with Gasteiger partial charge in [0.1, 0.15) is 0 Å². The second kappa shape index (κ2) is 7.75. The van der Waals surface area contributed by atoms with Gasteiger partial charge in [-0.3, -0.25) is 9.69 Å². The van der Waals surface area contributed by atoms with E-state index in [1.54, 1.807) is 31.2 Å². The van der Waals surface area contributed by atoms with Gasteiger partial charge in [0.15, 0.2) is 0 Å². The average Bonchev–Trinajstić information content (AvgIpc) is 3.05. The van der Waals surface area contributed by atoms with E-state index in [-0.39, 0.29) is 23.3 Å². The predicted molar refractivity (Wildman–Crippen MR) is 106 cm³/mol. The Labute approximate surface area is 165 Å². The van der Waals surface area contributed by atoms with Gasteiger partial charge in [-0.25, -0.2) is 17.5 Å². The Kier molecular flexibility index (Phi) is 5.56. The van der Waals surface area contributed by atoms with Gasteiger partial charge in [-0.15, -0.1) is 0 Å². The summed E-state index contributed by atoms with van der Waals surface area (Å²) >= 11 is 0. The molecule has 0 bridgehead atoms. The fourth-order valence-corrected chi connectivity index (χ4v) is 4.56. The number of amides is 3. The van der Waals surface area contributed by atoms with Crippen molar-refractivity contribution in [2.24, 2.45) is 5.92 Å². The number of hydrogen-bond donors (Lipinski definition) is 0. The summed E-state index contributed by atoms with van der Waals surface area (Å²) in [6.45, 7) is 5.37. The number of carbonyl (C=O) groups is 2. The molecule has 6 nitrogen and oxygen atoms in total. The Morgan fingerprint density at radius 3 is 2.29 bits per heavy atom. The molecule has 0 aliphatic carbocycles. The Morgan fingerprint density at radius 2 is 1.71 bits per heavy atom. The number of rotatable bonds is 5. The molecule has 7 heteroatoms. The van der Waals surface area contributed by atoms with E-state index in [2.05, 4.69) is 0 Å². The first-order chi connectivity index (χ1) is 13.3. The zero-order chi connectivity index (χ0) is 20.5. The van der Waals surface area contributed by atoms with Crippen molar-refractivity contribution in [2.75, 3.05) is 6.54 Å². The number of aryl methyl sites for hydroxylation is 1. The summed E-state index contributed by atoms with van der Waals surface area (Å²) in [5.74, 6) is -0.736. The van der Waals surface area contributed by atoms with Crippen LogP contribution in [0.4, 0.5) is 4.79 Å². The molecule has 0 aromatic heterocycles. The van der Waals surface area contributed by atoms with Crippen LogP contribution in [0.2, 0.25) is 0 Å². The van der Waals surface area contributed by atoms with Crippen LogP contribution in [-0.4, -0.2) is 36.1 Å². The molecule has 2 aromatic rings. The fourth-order valence-electron chi connectivity index (χ4n) is 3.20. The molecular weight excluding hydrogens is 376 g/mol. The van der Waals surface area contributed by atoms with Crippen LogP contribution in [0, 0.1) is 12.8 Å². The zero-order valence-electron chi connectivity index (χ0n) is 16.2. The monoisotopic (exact) mass is 400 g/mol. The van der Waals surface area contributed by atoms with Crippen molar-refractivity contribution >= 4 is 22.0 Å². The number of sulfonamides is 1. The molecule has 0 N–H and O–H groups in total. The third-order valence-corrected chi connectivity index (χ3v) is 6.89. The molecule has 0 spiro atoms. The number of imide groups is 1. The lowest BCUT2D eigenvalue weighted by Gasteiger charge is -2.24.